The molecule has 0 aliphatic heterocycles. The fraction of sp³-hybridized carbons (Fsp3) is 1.00. The van der Waals surface area contributed by atoms with Crippen molar-refractivity contribution in [2.75, 3.05) is 0 Å². The first-order valence-electron chi connectivity index (χ1n) is 3.21. The normalized spacial score (nSPS) is 15.4. The molecule has 0 fully saturated rings. The highest BCUT2D eigenvalue weighted by atomic mass is 35.5. The zero-order chi connectivity index (χ0) is 14.7. The lowest BCUT2D eigenvalue weighted by molar-refractivity contribution is -0.176. The molecule has 0 rings (SSSR count). The monoisotopic (exact) mass is 354 g/mol. The molecule has 0 aromatic rings. The Bertz CT molecular complexity index is 219. The van der Waals surface area contributed by atoms with Crippen molar-refractivity contribution in [3.05, 3.63) is 0 Å². The quantitative estimate of drug-likeness (QED) is 0.463. The molecule has 1 unspecified atom stereocenters. The highest BCUT2D eigenvalue weighted by Crippen LogP contribution is 2.42. The molecule has 0 aliphatic carbocycles. The van der Waals surface area contributed by atoms with E-state index < -0.39 is 27.9 Å². The first-order valence-corrected chi connectivity index (χ1v) is 4.90. The van der Waals surface area contributed by atoms with Gasteiger partial charge in [-0.3, -0.25) is 0 Å². The van der Waals surface area contributed by atoms with Gasteiger partial charge in [0.25, 0.3) is 0 Å². The summed E-state index contributed by atoms with van der Waals surface area (Å²) < 4.78 is 90.4. The molecule has 17 heavy (non-hydrogen) atoms. The fourth-order valence-corrected chi connectivity index (χ4v) is 0.412. The number of hydrogen-bond acceptors (Lipinski definition) is 0. The van der Waals surface area contributed by atoms with E-state index in [4.69, 9.17) is 0 Å². The summed E-state index contributed by atoms with van der Waals surface area (Å²) in [6.07, 6.45) is -4.47. The van der Waals surface area contributed by atoms with E-state index in [-0.39, 0.29) is 0 Å². The molecule has 0 radical (unpaired) electrons. The molecule has 0 aromatic heterocycles. The zero-order valence-electron chi connectivity index (χ0n) is 7.19. The second-order valence-electron chi connectivity index (χ2n) is 2.26. The molecule has 0 heterocycles. The molecule has 0 saturated heterocycles. The van der Waals surface area contributed by atoms with Crippen LogP contribution in [0.4, 0.5) is 35.1 Å². The molecule has 0 N–H and O–H groups in total. The molecule has 0 nitrogen and oxygen atoms in total. The Balaban J connectivity index is 0. The van der Waals surface area contributed by atoms with Crippen molar-refractivity contribution in [3.8, 4) is 0 Å². The summed E-state index contributed by atoms with van der Waals surface area (Å²) in [7, 11) is 0. The van der Waals surface area contributed by atoms with E-state index in [2.05, 4.69) is 46.4 Å². The highest BCUT2D eigenvalue weighted by Gasteiger charge is 2.60. The summed E-state index contributed by atoms with van der Waals surface area (Å²) in [5.41, 5.74) is -3.49. The van der Waals surface area contributed by atoms with E-state index in [1.807, 2.05) is 0 Å². The van der Waals surface area contributed by atoms with Crippen LogP contribution in [0.3, 0.4) is 0 Å². The maximum atomic E-state index is 11.7. The summed E-state index contributed by atoms with van der Waals surface area (Å²) in [5, 5.41) is -4.95. The van der Waals surface area contributed by atoms with Gasteiger partial charge in [0.2, 0.25) is 10.5 Å². The summed E-state index contributed by atoms with van der Waals surface area (Å²) in [4.78, 5) is -2.26. The second kappa shape index (κ2) is 6.68. The standard InChI is InChI=1S/C3HCl2F5.C2HCl2F3/c4-1(6)2(7,8)3(5,9)10;3-1(4)2(5,6)7/h1H;1H. The topological polar surface area (TPSA) is 0 Å². The Morgan fingerprint density at radius 1 is 0.765 bits per heavy atom. The average molecular weight is 356 g/mol. The fourth-order valence-electron chi connectivity index (χ4n) is 0.124. The number of halogens is 12. The third-order valence-electron chi connectivity index (χ3n) is 0.899. The summed E-state index contributed by atoms with van der Waals surface area (Å²) >= 11 is 16.7. The predicted molar refractivity (Wildman–Crippen MR) is 48.0 cm³/mol. The Hall–Kier alpha value is 0.600. The minimum atomic E-state index is -5.03. The first-order chi connectivity index (χ1) is 7.14. The Morgan fingerprint density at radius 3 is 1.00 bits per heavy atom. The zero-order valence-corrected chi connectivity index (χ0v) is 10.2. The molecule has 106 valence electrons. The van der Waals surface area contributed by atoms with E-state index in [0.717, 1.165) is 0 Å². The predicted octanol–water partition coefficient (Wildman–Crippen LogP) is 5.34. The minimum Gasteiger partial charge on any atom is -0.223 e. The van der Waals surface area contributed by atoms with Gasteiger partial charge < -0.3 is 0 Å². The summed E-state index contributed by atoms with van der Waals surface area (Å²) in [5.74, 6) is -5.03. The average Bonchev–Trinajstić information content (AvgIpc) is 2.00. The smallest absolute Gasteiger partial charge is 0.223 e. The van der Waals surface area contributed by atoms with Crippen molar-refractivity contribution in [1.29, 1.82) is 0 Å². The SMILES string of the molecule is FC(Cl)C(F)(F)C(F)(F)Cl.FC(F)(F)C(Cl)Cl. The van der Waals surface area contributed by atoms with Gasteiger partial charge in [0, 0.05) is 0 Å². The minimum absolute atomic E-state index is 2.26. The van der Waals surface area contributed by atoms with Crippen molar-refractivity contribution in [2.45, 2.75) is 27.9 Å². The lowest BCUT2D eigenvalue weighted by atomic mass is 10.4. The van der Waals surface area contributed by atoms with Gasteiger partial charge in [0.05, 0.1) is 0 Å². The third-order valence-corrected chi connectivity index (χ3v) is 1.92. The van der Waals surface area contributed by atoms with Crippen LogP contribution in [-0.4, -0.2) is 27.9 Å². The van der Waals surface area contributed by atoms with Crippen LogP contribution in [0.2, 0.25) is 0 Å². The van der Waals surface area contributed by atoms with Crippen molar-refractivity contribution < 1.29 is 35.1 Å². The summed E-state index contributed by atoms with van der Waals surface area (Å²) in [6, 6.07) is 0. The van der Waals surface area contributed by atoms with Crippen molar-refractivity contribution in [1.82, 2.24) is 0 Å². The number of hydrogen-bond donors (Lipinski definition) is 0. The van der Waals surface area contributed by atoms with E-state index in [0.29, 0.717) is 0 Å². The van der Waals surface area contributed by atoms with Gasteiger partial charge in [-0.2, -0.15) is 30.7 Å². The van der Waals surface area contributed by atoms with Crippen LogP contribution in [0.25, 0.3) is 0 Å². The molecular weight excluding hydrogens is 354 g/mol. The van der Waals surface area contributed by atoms with Gasteiger partial charge in [-0.15, -0.1) is 0 Å². The number of rotatable bonds is 2. The van der Waals surface area contributed by atoms with Crippen molar-refractivity contribution in [2.24, 2.45) is 0 Å². The maximum Gasteiger partial charge on any atom is 0.418 e. The van der Waals surface area contributed by atoms with Crippen LogP contribution < -0.4 is 0 Å². The van der Waals surface area contributed by atoms with Gasteiger partial charge in [0.15, 0.2) is 0 Å². The van der Waals surface area contributed by atoms with E-state index >= 15 is 0 Å². The maximum absolute atomic E-state index is 11.7. The molecule has 12 heteroatoms. The largest absolute Gasteiger partial charge is 0.418 e. The van der Waals surface area contributed by atoms with E-state index in [9.17, 15) is 35.1 Å². The third kappa shape index (κ3) is 7.58. The van der Waals surface area contributed by atoms with Crippen LogP contribution in [0.5, 0.6) is 0 Å². The molecule has 0 bridgehead atoms. The van der Waals surface area contributed by atoms with Gasteiger partial charge in [-0.1, -0.05) is 34.8 Å². The molecule has 0 aromatic carbocycles. The molecule has 0 amide bonds. The Morgan fingerprint density at radius 2 is 1.00 bits per heavy atom. The second-order valence-corrected chi connectivity index (χ2v) is 4.22. The van der Waals surface area contributed by atoms with Crippen LogP contribution in [0.1, 0.15) is 0 Å². The van der Waals surface area contributed by atoms with Crippen LogP contribution in [-0.2, 0) is 0 Å². The number of alkyl halides is 12. The van der Waals surface area contributed by atoms with E-state index in [1.54, 1.807) is 0 Å². The first kappa shape index (κ1) is 19.9. The van der Waals surface area contributed by atoms with Gasteiger partial charge in [-0.25, -0.2) is 4.39 Å². The van der Waals surface area contributed by atoms with Crippen molar-refractivity contribution >= 4 is 46.4 Å². The molecule has 0 spiro atoms. The van der Waals surface area contributed by atoms with Gasteiger partial charge in [0.1, 0.15) is 0 Å². The van der Waals surface area contributed by atoms with Crippen LogP contribution >= 0.6 is 46.4 Å². The lowest BCUT2D eigenvalue weighted by Gasteiger charge is -2.20. The molecule has 0 saturated carbocycles. The summed E-state index contributed by atoms with van der Waals surface area (Å²) in [6.45, 7) is 0. The Kier molecular flexibility index (Phi) is 7.83. The van der Waals surface area contributed by atoms with E-state index in [1.165, 1.54) is 0 Å². The Labute approximate surface area is 110 Å². The molecule has 0 aliphatic rings. The van der Waals surface area contributed by atoms with Crippen LogP contribution in [0, 0.1) is 0 Å². The lowest BCUT2D eigenvalue weighted by Crippen LogP contribution is -2.41. The molecule has 1 atom stereocenters. The van der Waals surface area contributed by atoms with Crippen LogP contribution in [0.15, 0.2) is 0 Å². The molecular formula is C5H2Cl4F8. The highest BCUT2D eigenvalue weighted by molar-refractivity contribution is 6.44. The van der Waals surface area contributed by atoms with Crippen molar-refractivity contribution in [3.63, 3.8) is 0 Å². The van der Waals surface area contributed by atoms with Gasteiger partial charge >= 0.3 is 17.5 Å². The van der Waals surface area contributed by atoms with Gasteiger partial charge in [-0.05, 0) is 11.6 Å².